The van der Waals surface area contributed by atoms with E-state index in [9.17, 15) is 0 Å². The molecule has 2 heterocycles. The summed E-state index contributed by atoms with van der Waals surface area (Å²) in [5.74, 6) is 0.637. The molecule has 0 bridgehead atoms. The smallest absolute Gasteiger partial charge is 0.156 e. The Bertz CT molecular complexity index is 673. The molecule has 3 rings (SSSR count). The maximum atomic E-state index is 6.12. The van der Waals surface area contributed by atoms with Crippen LogP contribution in [0.15, 0.2) is 53.3 Å². The molecule has 0 aliphatic heterocycles. The van der Waals surface area contributed by atoms with Gasteiger partial charge in [-0.2, -0.15) is 5.10 Å². The van der Waals surface area contributed by atoms with Gasteiger partial charge in [0.2, 0.25) is 0 Å². The second kappa shape index (κ2) is 4.23. The highest BCUT2D eigenvalue weighted by molar-refractivity contribution is 6.32. The third-order valence-electron chi connectivity index (χ3n) is 2.60. The molecular formula is C13H10ClN3O. The largest absolute Gasteiger partial charge is 0.463 e. The first kappa shape index (κ1) is 10.9. The highest BCUT2D eigenvalue weighted by Crippen LogP contribution is 2.27. The van der Waals surface area contributed by atoms with Crippen LogP contribution in [0.5, 0.6) is 0 Å². The highest BCUT2D eigenvalue weighted by Gasteiger charge is 2.12. The molecule has 0 amide bonds. The number of rotatable bonds is 2. The molecule has 2 N–H and O–H groups in total. The van der Waals surface area contributed by atoms with E-state index in [1.807, 2.05) is 24.3 Å². The van der Waals surface area contributed by atoms with E-state index in [1.54, 1.807) is 29.3 Å². The minimum absolute atomic E-state index is 0.546. The average Bonchev–Trinajstić information content (AvgIpc) is 2.98. The van der Waals surface area contributed by atoms with Crippen molar-refractivity contribution in [3.05, 3.63) is 53.9 Å². The van der Waals surface area contributed by atoms with Gasteiger partial charge in [0.25, 0.3) is 0 Å². The van der Waals surface area contributed by atoms with Crippen LogP contribution < -0.4 is 5.73 Å². The molecule has 0 saturated heterocycles. The Labute approximate surface area is 109 Å². The summed E-state index contributed by atoms with van der Waals surface area (Å²) in [7, 11) is 0. The molecule has 2 aromatic heterocycles. The van der Waals surface area contributed by atoms with Crippen molar-refractivity contribution < 1.29 is 4.42 Å². The Hall–Kier alpha value is -2.20. The van der Waals surface area contributed by atoms with Crippen LogP contribution in [-0.2, 0) is 0 Å². The number of hydrogen-bond donors (Lipinski definition) is 1. The summed E-state index contributed by atoms with van der Waals surface area (Å²) in [6.07, 6.45) is 3.31. The lowest BCUT2D eigenvalue weighted by atomic mass is 10.3. The molecule has 0 radical (unpaired) electrons. The standard InChI is InChI=1S/C13H10ClN3O/c14-9-4-1-2-5-11(9)17-8-10(15)13(16-17)12-6-3-7-18-12/h1-8H,15H2. The van der Waals surface area contributed by atoms with Crippen molar-refractivity contribution in [3.8, 4) is 17.1 Å². The summed E-state index contributed by atoms with van der Waals surface area (Å²) in [5, 5.41) is 5.01. The van der Waals surface area contributed by atoms with Gasteiger partial charge in [-0.15, -0.1) is 0 Å². The monoisotopic (exact) mass is 259 g/mol. The summed E-state index contributed by atoms with van der Waals surface area (Å²) in [6.45, 7) is 0. The van der Waals surface area contributed by atoms with Crippen LogP contribution in [0.2, 0.25) is 5.02 Å². The maximum absolute atomic E-state index is 6.12. The zero-order valence-electron chi connectivity index (χ0n) is 9.38. The van der Waals surface area contributed by atoms with E-state index in [2.05, 4.69) is 5.10 Å². The molecule has 90 valence electrons. The number of anilines is 1. The molecule has 3 aromatic rings. The van der Waals surface area contributed by atoms with Gasteiger partial charge < -0.3 is 10.2 Å². The Kier molecular flexibility index (Phi) is 2.57. The second-order valence-electron chi connectivity index (χ2n) is 3.81. The van der Waals surface area contributed by atoms with E-state index >= 15 is 0 Å². The molecule has 18 heavy (non-hydrogen) atoms. The lowest BCUT2D eigenvalue weighted by molar-refractivity contribution is 0.579. The lowest BCUT2D eigenvalue weighted by Crippen LogP contribution is -1.95. The van der Waals surface area contributed by atoms with Crippen molar-refractivity contribution in [2.45, 2.75) is 0 Å². The minimum atomic E-state index is 0.546. The van der Waals surface area contributed by atoms with Crippen LogP contribution in [0.25, 0.3) is 17.1 Å². The fraction of sp³-hybridized carbons (Fsp3) is 0. The Morgan fingerprint density at radius 2 is 2.00 bits per heavy atom. The fourth-order valence-electron chi connectivity index (χ4n) is 1.75. The maximum Gasteiger partial charge on any atom is 0.156 e. The third-order valence-corrected chi connectivity index (χ3v) is 2.92. The minimum Gasteiger partial charge on any atom is -0.463 e. The van der Waals surface area contributed by atoms with E-state index in [0.29, 0.717) is 22.2 Å². The van der Waals surface area contributed by atoms with Gasteiger partial charge in [0.1, 0.15) is 0 Å². The van der Waals surface area contributed by atoms with E-state index in [0.717, 1.165) is 5.69 Å². The first-order valence-electron chi connectivity index (χ1n) is 5.39. The number of aromatic nitrogens is 2. The molecule has 0 aliphatic carbocycles. The predicted octanol–water partition coefficient (Wildman–Crippen LogP) is 3.37. The summed E-state index contributed by atoms with van der Waals surface area (Å²) >= 11 is 6.12. The zero-order valence-corrected chi connectivity index (χ0v) is 10.1. The van der Waals surface area contributed by atoms with Crippen LogP contribution in [0, 0.1) is 0 Å². The first-order chi connectivity index (χ1) is 8.75. The molecule has 1 aromatic carbocycles. The number of nitrogen functional groups attached to an aromatic ring is 1. The molecule has 5 heteroatoms. The van der Waals surface area contributed by atoms with Gasteiger partial charge >= 0.3 is 0 Å². The first-order valence-corrected chi connectivity index (χ1v) is 5.77. The molecule has 4 nitrogen and oxygen atoms in total. The van der Waals surface area contributed by atoms with Crippen LogP contribution in [0.3, 0.4) is 0 Å². The summed E-state index contributed by atoms with van der Waals surface area (Å²) in [4.78, 5) is 0. The summed E-state index contributed by atoms with van der Waals surface area (Å²) < 4.78 is 6.94. The van der Waals surface area contributed by atoms with E-state index in [1.165, 1.54) is 0 Å². The SMILES string of the molecule is Nc1cn(-c2ccccc2Cl)nc1-c1ccco1. The molecule has 0 atom stereocenters. The molecule has 0 unspecified atom stereocenters. The lowest BCUT2D eigenvalue weighted by Gasteiger charge is -2.02. The van der Waals surface area contributed by atoms with E-state index in [-0.39, 0.29) is 0 Å². The van der Waals surface area contributed by atoms with Crippen LogP contribution >= 0.6 is 11.6 Å². The van der Waals surface area contributed by atoms with E-state index in [4.69, 9.17) is 21.8 Å². The molecular weight excluding hydrogens is 250 g/mol. The number of hydrogen-bond acceptors (Lipinski definition) is 3. The van der Waals surface area contributed by atoms with Gasteiger partial charge in [-0.1, -0.05) is 23.7 Å². The molecule has 0 spiro atoms. The number of benzene rings is 1. The van der Waals surface area contributed by atoms with Crippen LogP contribution in [-0.4, -0.2) is 9.78 Å². The van der Waals surface area contributed by atoms with Crippen molar-refractivity contribution >= 4 is 17.3 Å². The Balaban J connectivity index is 2.11. The number of nitrogens with two attached hydrogens (primary N) is 1. The normalized spacial score (nSPS) is 10.7. The summed E-state index contributed by atoms with van der Waals surface area (Å²) in [6, 6.07) is 11.1. The summed E-state index contributed by atoms with van der Waals surface area (Å²) in [5.41, 5.74) is 7.87. The Morgan fingerprint density at radius 1 is 1.17 bits per heavy atom. The van der Waals surface area contributed by atoms with Gasteiger partial charge in [0, 0.05) is 0 Å². The molecule has 0 saturated carbocycles. The number of halogens is 1. The van der Waals surface area contributed by atoms with E-state index < -0.39 is 0 Å². The molecule has 0 aliphatic rings. The zero-order chi connectivity index (χ0) is 12.5. The number of furan rings is 1. The fourth-order valence-corrected chi connectivity index (χ4v) is 1.98. The van der Waals surface area contributed by atoms with Crippen LogP contribution in [0.4, 0.5) is 5.69 Å². The van der Waals surface area contributed by atoms with Crippen molar-refractivity contribution in [2.24, 2.45) is 0 Å². The topological polar surface area (TPSA) is 57.0 Å². The number of nitrogens with zero attached hydrogens (tertiary/aromatic N) is 2. The van der Waals surface area contributed by atoms with Crippen molar-refractivity contribution in [1.29, 1.82) is 0 Å². The predicted molar refractivity (Wildman–Crippen MR) is 70.7 cm³/mol. The second-order valence-corrected chi connectivity index (χ2v) is 4.21. The van der Waals surface area contributed by atoms with Gasteiger partial charge in [-0.05, 0) is 24.3 Å². The third kappa shape index (κ3) is 1.76. The van der Waals surface area contributed by atoms with Gasteiger partial charge in [-0.3, -0.25) is 0 Å². The number of para-hydroxylation sites is 1. The van der Waals surface area contributed by atoms with Gasteiger partial charge in [0.05, 0.1) is 28.9 Å². The van der Waals surface area contributed by atoms with Crippen molar-refractivity contribution in [3.63, 3.8) is 0 Å². The molecule has 0 fully saturated rings. The van der Waals surface area contributed by atoms with Crippen LogP contribution in [0.1, 0.15) is 0 Å². The van der Waals surface area contributed by atoms with Crippen molar-refractivity contribution in [1.82, 2.24) is 9.78 Å². The van der Waals surface area contributed by atoms with Crippen molar-refractivity contribution in [2.75, 3.05) is 5.73 Å². The van der Waals surface area contributed by atoms with Gasteiger partial charge in [-0.25, -0.2) is 4.68 Å². The highest BCUT2D eigenvalue weighted by atomic mass is 35.5. The van der Waals surface area contributed by atoms with Gasteiger partial charge in [0.15, 0.2) is 11.5 Å². The Morgan fingerprint density at radius 3 is 2.72 bits per heavy atom. The quantitative estimate of drug-likeness (QED) is 0.768. The average molecular weight is 260 g/mol.